The maximum atomic E-state index is 10.8. The van der Waals surface area contributed by atoms with Crippen LogP contribution in [0.1, 0.15) is 28.6 Å². The van der Waals surface area contributed by atoms with Gasteiger partial charge in [-0.2, -0.15) is 0 Å². The van der Waals surface area contributed by atoms with Gasteiger partial charge in [0.1, 0.15) is 0 Å². The Morgan fingerprint density at radius 1 is 1.36 bits per heavy atom. The van der Waals surface area contributed by atoms with Crippen molar-refractivity contribution >= 4 is 5.91 Å². The van der Waals surface area contributed by atoms with Crippen molar-refractivity contribution in [1.82, 2.24) is 5.32 Å². The number of rotatable bonds is 8. The average Bonchev–Trinajstić information content (AvgIpc) is 2.15. The molecule has 0 aliphatic heterocycles. The molecule has 0 fully saturated rings. The fourth-order valence-electron chi connectivity index (χ4n) is 0.832. The van der Waals surface area contributed by atoms with Gasteiger partial charge in [-0.25, -0.2) is 0 Å². The van der Waals surface area contributed by atoms with Crippen LogP contribution < -0.4 is 5.32 Å². The highest BCUT2D eigenvalue weighted by atomic mass is 16.5. The van der Waals surface area contributed by atoms with Crippen molar-refractivity contribution in [2.45, 2.75) is 33.3 Å². The van der Waals surface area contributed by atoms with Crippen LogP contribution in [-0.4, -0.2) is 38.4 Å². The van der Waals surface area contributed by atoms with Crippen molar-refractivity contribution in [2.75, 3.05) is 26.4 Å². The van der Waals surface area contributed by atoms with E-state index in [0.29, 0.717) is 32.8 Å². The van der Waals surface area contributed by atoms with E-state index in [9.17, 15) is 4.79 Å². The number of hydrogen-bond acceptors (Lipinski definition) is 3. The van der Waals surface area contributed by atoms with Crippen LogP contribution in [0.3, 0.4) is 0 Å². The molecule has 4 heteroatoms. The molecule has 1 amide bonds. The zero-order valence-corrected chi connectivity index (χ0v) is 9.34. The Hall–Kier alpha value is -0.610. The molecule has 0 unspecified atom stereocenters. The van der Waals surface area contributed by atoms with Gasteiger partial charge >= 0.3 is 0 Å². The third-order valence-electron chi connectivity index (χ3n) is 1.57. The Kier molecular flexibility index (Phi) is 8.57. The Bertz CT molecular complexity index is 154. The van der Waals surface area contributed by atoms with E-state index in [2.05, 4.69) is 5.32 Å². The molecule has 0 bridgehead atoms. The van der Waals surface area contributed by atoms with Crippen LogP contribution >= 0.6 is 0 Å². The lowest BCUT2D eigenvalue weighted by molar-refractivity contribution is -0.121. The van der Waals surface area contributed by atoms with Crippen molar-refractivity contribution in [2.24, 2.45) is 0 Å². The molecule has 86 valence electrons. The van der Waals surface area contributed by atoms with E-state index in [-0.39, 0.29) is 13.4 Å². The molecule has 0 aromatic heterocycles. The van der Waals surface area contributed by atoms with Crippen LogP contribution in [0.5, 0.6) is 0 Å². The zero-order chi connectivity index (χ0) is 10.8. The second-order valence-electron chi connectivity index (χ2n) is 3.24. The minimum Gasteiger partial charge on any atom is -0.377 e. The predicted molar refractivity (Wildman–Crippen MR) is 57.3 cm³/mol. The summed E-state index contributed by atoms with van der Waals surface area (Å²) in [6, 6.07) is 0. The maximum Gasteiger partial charge on any atom is 0.219 e. The largest absolute Gasteiger partial charge is 0.377 e. The minimum atomic E-state index is 0. The molecule has 1 N–H and O–H groups in total. The number of ether oxygens (including phenoxy) is 2. The Balaban J connectivity index is 0. The number of carbonyl (C=O) groups excluding carboxylic acids is 1. The van der Waals surface area contributed by atoms with E-state index >= 15 is 0 Å². The molecule has 0 heterocycles. The normalized spacial score (nSPS) is 10.6. The predicted octanol–water partition coefficient (Wildman–Crippen LogP) is 1.20. The molecule has 0 atom stereocenters. The summed E-state index contributed by atoms with van der Waals surface area (Å²) in [5.41, 5.74) is 0. The van der Waals surface area contributed by atoms with Gasteiger partial charge in [0.15, 0.2) is 0 Å². The monoisotopic (exact) mass is 205 g/mol. The molecule has 0 saturated heterocycles. The standard InChI is InChI=1S/C10H21NO3.H2/c1-4-10(12)11-5-6-13-7-8-14-9(2)3;/h9H,4-8H2,1-3H3,(H,11,12);1H. The molecule has 0 rings (SSSR count). The van der Waals surface area contributed by atoms with Crippen molar-refractivity contribution < 1.29 is 15.7 Å². The van der Waals surface area contributed by atoms with E-state index in [0.717, 1.165) is 0 Å². The van der Waals surface area contributed by atoms with Crippen LogP contribution in [0.2, 0.25) is 0 Å². The topological polar surface area (TPSA) is 47.6 Å². The highest BCUT2D eigenvalue weighted by Gasteiger charge is 1.95. The highest BCUT2D eigenvalue weighted by Crippen LogP contribution is 1.86. The summed E-state index contributed by atoms with van der Waals surface area (Å²) in [4.78, 5) is 10.8. The van der Waals surface area contributed by atoms with Gasteiger partial charge in [-0.15, -0.1) is 0 Å². The molecule has 0 aliphatic rings. The smallest absolute Gasteiger partial charge is 0.219 e. The van der Waals surface area contributed by atoms with E-state index < -0.39 is 0 Å². The molecule has 0 spiro atoms. The zero-order valence-electron chi connectivity index (χ0n) is 9.34. The average molecular weight is 205 g/mol. The third-order valence-corrected chi connectivity index (χ3v) is 1.57. The summed E-state index contributed by atoms with van der Waals surface area (Å²) < 4.78 is 10.5. The highest BCUT2D eigenvalue weighted by molar-refractivity contribution is 5.75. The number of nitrogens with one attached hydrogen (secondary N) is 1. The summed E-state index contributed by atoms with van der Waals surface area (Å²) in [5, 5.41) is 2.73. The van der Waals surface area contributed by atoms with Crippen LogP contribution in [0.25, 0.3) is 0 Å². The van der Waals surface area contributed by atoms with Crippen LogP contribution in [0.4, 0.5) is 0 Å². The van der Waals surface area contributed by atoms with Gasteiger partial charge in [-0.3, -0.25) is 4.79 Å². The molecule has 0 radical (unpaired) electrons. The summed E-state index contributed by atoms with van der Waals surface area (Å²) in [6.07, 6.45) is 0.773. The van der Waals surface area contributed by atoms with Gasteiger partial charge < -0.3 is 14.8 Å². The van der Waals surface area contributed by atoms with Gasteiger partial charge in [0.2, 0.25) is 5.91 Å². The van der Waals surface area contributed by atoms with E-state index in [1.165, 1.54) is 0 Å². The quantitative estimate of drug-likeness (QED) is 0.606. The lowest BCUT2D eigenvalue weighted by Gasteiger charge is -2.08. The first-order valence-electron chi connectivity index (χ1n) is 5.12. The Morgan fingerprint density at radius 3 is 2.64 bits per heavy atom. The van der Waals surface area contributed by atoms with E-state index in [1.54, 1.807) is 0 Å². The van der Waals surface area contributed by atoms with Crippen LogP contribution in [0, 0.1) is 0 Å². The first-order chi connectivity index (χ1) is 6.66. The summed E-state index contributed by atoms with van der Waals surface area (Å²) >= 11 is 0. The first-order valence-corrected chi connectivity index (χ1v) is 5.12. The number of hydrogen-bond donors (Lipinski definition) is 1. The van der Waals surface area contributed by atoms with Crippen LogP contribution in [-0.2, 0) is 14.3 Å². The van der Waals surface area contributed by atoms with Gasteiger partial charge in [0, 0.05) is 14.4 Å². The Labute approximate surface area is 87.4 Å². The second-order valence-corrected chi connectivity index (χ2v) is 3.24. The van der Waals surface area contributed by atoms with Crippen LogP contribution in [0.15, 0.2) is 0 Å². The molecular weight excluding hydrogens is 182 g/mol. The van der Waals surface area contributed by atoms with E-state index in [1.807, 2.05) is 20.8 Å². The molecule has 0 saturated carbocycles. The summed E-state index contributed by atoms with van der Waals surface area (Å²) in [6.45, 7) is 8.12. The van der Waals surface area contributed by atoms with Crippen molar-refractivity contribution in [3.05, 3.63) is 0 Å². The Morgan fingerprint density at radius 2 is 2.07 bits per heavy atom. The van der Waals surface area contributed by atoms with Crippen molar-refractivity contribution in [3.63, 3.8) is 0 Å². The lowest BCUT2D eigenvalue weighted by Crippen LogP contribution is -2.26. The van der Waals surface area contributed by atoms with Gasteiger partial charge in [-0.1, -0.05) is 6.92 Å². The molecule has 4 nitrogen and oxygen atoms in total. The van der Waals surface area contributed by atoms with Gasteiger partial charge in [0.05, 0.1) is 25.9 Å². The molecular formula is C10H23NO3. The van der Waals surface area contributed by atoms with Crippen molar-refractivity contribution in [1.29, 1.82) is 0 Å². The second kappa shape index (κ2) is 8.97. The van der Waals surface area contributed by atoms with Gasteiger partial charge in [0.25, 0.3) is 0 Å². The molecule has 14 heavy (non-hydrogen) atoms. The minimum absolute atomic E-state index is 0. The third kappa shape index (κ3) is 9.48. The number of carbonyl (C=O) groups is 1. The number of amides is 1. The van der Waals surface area contributed by atoms with E-state index in [4.69, 9.17) is 9.47 Å². The maximum absolute atomic E-state index is 10.8. The lowest BCUT2D eigenvalue weighted by atomic mass is 10.4. The fourth-order valence-corrected chi connectivity index (χ4v) is 0.832. The summed E-state index contributed by atoms with van der Waals surface area (Å²) in [7, 11) is 0. The fraction of sp³-hybridized carbons (Fsp3) is 0.900. The van der Waals surface area contributed by atoms with Gasteiger partial charge in [-0.05, 0) is 13.8 Å². The van der Waals surface area contributed by atoms with Crippen molar-refractivity contribution in [3.8, 4) is 0 Å². The first kappa shape index (κ1) is 13.4. The molecule has 0 aromatic rings. The summed E-state index contributed by atoms with van der Waals surface area (Å²) in [5.74, 6) is 0.0621. The SMILES string of the molecule is CCC(=O)NCCOCCOC(C)C.[HH]. The molecule has 0 aromatic carbocycles. The molecule has 0 aliphatic carbocycles.